The number of nitrogens with one attached hydrogen (secondary N) is 1. The molecular weight excluding hydrogens is 366 g/mol. The van der Waals surface area contributed by atoms with Gasteiger partial charge in [0.05, 0.1) is 4.90 Å². The quantitative estimate of drug-likeness (QED) is 0.703. The predicted molar refractivity (Wildman–Crippen MR) is 104 cm³/mol. The van der Waals surface area contributed by atoms with Crippen molar-refractivity contribution in [2.45, 2.75) is 69.2 Å². The Kier molecular flexibility index (Phi) is 7.41. The zero-order chi connectivity index (χ0) is 20.0. The fraction of sp³-hybridized carbons (Fsp3) is 0.600. The summed E-state index contributed by atoms with van der Waals surface area (Å²) in [6.45, 7) is 1.69. The molecule has 1 fully saturated rings. The second kappa shape index (κ2) is 9.35. The first-order valence-corrected chi connectivity index (χ1v) is 11.4. The van der Waals surface area contributed by atoms with Gasteiger partial charge in [0.15, 0.2) is 9.84 Å². The van der Waals surface area contributed by atoms with Crippen LogP contribution in [0.4, 0.5) is 0 Å². The molecule has 27 heavy (non-hydrogen) atoms. The number of carbonyl (C=O) groups is 2. The van der Waals surface area contributed by atoms with Gasteiger partial charge in [0, 0.05) is 24.3 Å². The molecule has 0 aromatic heterocycles. The van der Waals surface area contributed by atoms with Gasteiger partial charge >= 0.3 is 5.97 Å². The SMILES string of the molecule is Cc1ccc(C(=O)NC(CCC(=O)O)CC2CCCCC2)cc1S(C)(=O)=O. The number of aliphatic carboxylic acids is 1. The maximum Gasteiger partial charge on any atom is 0.303 e. The van der Waals surface area contributed by atoms with Crippen molar-refractivity contribution in [2.24, 2.45) is 5.92 Å². The molecule has 1 saturated carbocycles. The summed E-state index contributed by atoms with van der Waals surface area (Å²) in [6, 6.07) is 4.40. The molecule has 0 aliphatic heterocycles. The van der Waals surface area contributed by atoms with E-state index >= 15 is 0 Å². The van der Waals surface area contributed by atoms with E-state index in [1.54, 1.807) is 19.1 Å². The summed E-state index contributed by atoms with van der Waals surface area (Å²) in [5, 5.41) is 11.9. The van der Waals surface area contributed by atoms with Crippen LogP contribution in [0, 0.1) is 12.8 Å². The smallest absolute Gasteiger partial charge is 0.303 e. The van der Waals surface area contributed by atoms with E-state index < -0.39 is 15.8 Å². The molecule has 0 spiro atoms. The van der Waals surface area contributed by atoms with Crippen LogP contribution in [-0.4, -0.2) is 37.7 Å². The van der Waals surface area contributed by atoms with Crippen LogP contribution in [0.25, 0.3) is 0 Å². The van der Waals surface area contributed by atoms with Crippen molar-refractivity contribution in [3.05, 3.63) is 29.3 Å². The van der Waals surface area contributed by atoms with Crippen molar-refractivity contribution >= 4 is 21.7 Å². The third kappa shape index (κ3) is 6.65. The lowest BCUT2D eigenvalue weighted by molar-refractivity contribution is -0.137. The molecule has 1 aliphatic carbocycles. The first-order valence-electron chi connectivity index (χ1n) is 9.50. The Morgan fingerprint density at radius 1 is 1.22 bits per heavy atom. The summed E-state index contributed by atoms with van der Waals surface area (Å²) < 4.78 is 23.8. The Labute approximate surface area is 161 Å². The molecule has 7 heteroatoms. The summed E-state index contributed by atoms with van der Waals surface area (Å²) in [4.78, 5) is 23.8. The van der Waals surface area contributed by atoms with Crippen molar-refractivity contribution < 1.29 is 23.1 Å². The molecule has 2 rings (SSSR count). The largest absolute Gasteiger partial charge is 0.481 e. The Morgan fingerprint density at radius 3 is 2.48 bits per heavy atom. The number of carbonyl (C=O) groups excluding carboxylic acids is 1. The van der Waals surface area contributed by atoms with Crippen LogP contribution in [0.1, 0.15) is 67.3 Å². The fourth-order valence-electron chi connectivity index (χ4n) is 3.78. The number of aryl methyl sites for hydroxylation is 1. The van der Waals surface area contributed by atoms with E-state index in [1.807, 2.05) is 0 Å². The maximum atomic E-state index is 12.7. The van der Waals surface area contributed by atoms with E-state index in [1.165, 1.54) is 25.3 Å². The maximum absolute atomic E-state index is 12.7. The van der Waals surface area contributed by atoms with Gasteiger partial charge in [-0.25, -0.2) is 8.42 Å². The molecule has 0 saturated heterocycles. The monoisotopic (exact) mass is 395 g/mol. The highest BCUT2D eigenvalue weighted by Crippen LogP contribution is 2.28. The Bertz CT molecular complexity index is 782. The first kappa shape index (κ1) is 21.4. The Hall–Kier alpha value is -1.89. The van der Waals surface area contributed by atoms with Crippen LogP contribution in [0.15, 0.2) is 23.1 Å². The number of rotatable bonds is 8. The average molecular weight is 396 g/mol. The summed E-state index contributed by atoms with van der Waals surface area (Å²) in [5.74, 6) is -0.735. The van der Waals surface area contributed by atoms with Crippen molar-refractivity contribution in [1.29, 1.82) is 0 Å². The van der Waals surface area contributed by atoms with Crippen LogP contribution in [-0.2, 0) is 14.6 Å². The highest BCUT2D eigenvalue weighted by molar-refractivity contribution is 7.90. The third-order valence-electron chi connectivity index (χ3n) is 5.23. The fourth-order valence-corrected chi connectivity index (χ4v) is 4.78. The van der Waals surface area contributed by atoms with Gasteiger partial charge in [-0.3, -0.25) is 9.59 Å². The zero-order valence-corrected chi connectivity index (χ0v) is 16.8. The van der Waals surface area contributed by atoms with Gasteiger partial charge in [-0.05, 0) is 43.4 Å². The van der Waals surface area contributed by atoms with Crippen LogP contribution in [0.2, 0.25) is 0 Å². The summed E-state index contributed by atoms with van der Waals surface area (Å²) in [6.07, 6.45) is 8.09. The summed E-state index contributed by atoms with van der Waals surface area (Å²) >= 11 is 0. The number of amides is 1. The second-order valence-corrected chi connectivity index (χ2v) is 9.58. The first-order chi connectivity index (χ1) is 12.7. The highest BCUT2D eigenvalue weighted by Gasteiger charge is 2.22. The van der Waals surface area contributed by atoms with Crippen LogP contribution in [0.3, 0.4) is 0 Å². The minimum absolute atomic E-state index is 0.000153. The lowest BCUT2D eigenvalue weighted by Crippen LogP contribution is -2.37. The van der Waals surface area contributed by atoms with Crippen molar-refractivity contribution in [1.82, 2.24) is 5.32 Å². The van der Waals surface area contributed by atoms with Gasteiger partial charge in [0.2, 0.25) is 0 Å². The predicted octanol–water partition coefficient (Wildman–Crippen LogP) is 3.33. The molecule has 1 unspecified atom stereocenters. The van der Waals surface area contributed by atoms with Crippen molar-refractivity contribution in [2.75, 3.05) is 6.26 Å². The molecule has 150 valence electrons. The van der Waals surface area contributed by atoms with Gasteiger partial charge < -0.3 is 10.4 Å². The van der Waals surface area contributed by atoms with Gasteiger partial charge in [0.25, 0.3) is 5.91 Å². The summed E-state index contributed by atoms with van der Waals surface area (Å²) in [7, 11) is -3.42. The second-order valence-electron chi connectivity index (χ2n) is 7.59. The normalized spacial score (nSPS) is 16.7. The number of benzene rings is 1. The lowest BCUT2D eigenvalue weighted by atomic mass is 9.84. The number of carboxylic acid groups (broad SMARTS) is 1. The van der Waals surface area contributed by atoms with Crippen LogP contribution in [0.5, 0.6) is 0 Å². The molecule has 1 aromatic carbocycles. The van der Waals surface area contributed by atoms with E-state index in [0.717, 1.165) is 25.5 Å². The highest BCUT2D eigenvalue weighted by atomic mass is 32.2. The van der Waals surface area contributed by atoms with Gasteiger partial charge in [-0.15, -0.1) is 0 Å². The summed E-state index contributed by atoms with van der Waals surface area (Å²) in [5.41, 5.74) is 0.878. The van der Waals surface area contributed by atoms with Gasteiger partial charge in [-0.1, -0.05) is 38.2 Å². The molecule has 0 radical (unpaired) electrons. The number of sulfone groups is 1. The molecule has 1 amide bonds. The minimum atomic E-state index is -3.42. The average Bonchev–Trinajstić information content (AvgIpc) is 2.59. The number of hydrogen-bond donors (Lipinski definition) is 2. The third-order valence-corrected chi connectivity index (χ3v) is 6.47. The molecule has 1 aromatic rings. The molecule has 2 N–H and O–H groups in total. The number of hydrogen-bond acceptors (Lipinski definition) is 4. The van der Waals surface area contributed by atoms with Gasteiger partial charge in [0.1, 0.15) is 0 Å². The van der Waals surface area contributed by atoms with Gasteiger partial charge in [-0.2, -0.15) is 0 Å². The van der Waals surface area contributed by atoms with E-state index in [9.17, 15) is 18.0 Å². The van der Waals surface area contributed by atoms with Crippen LogP contribution < -0.4 is 5.32 Å². The van der Waals surface area contributed by atoms with Crippen molar-refractivity contribution in [3.63, 3.8) is 0 Å². The molecule has 0 bridgehead atoms. The minimum Gasteiger partial charge on any atom is -0.481 e. The Morgan fingerprint density at radius 2 is 1.89 bits per heavy atom. The van der Waals surface area contributed by atoms with E-state index in [-0.39, 0.29) is 28.8 Å². The molecule has 0 heterocycles. The molecular formula is C20H29NO5S. The van der Waals surface area contributed by atoms with E-state index in [4.69, 9.17) is 5.11 Å². The number of carboxylic acids is 1. The van der Waals surface area contributed by atoms with E-state index in [2.05, 4.69) is 5.32 Å². The van der Waals surface area contributed by atoms with Crippen molar-refractivity contribution in [3.8, 4) is 0 Å². The molecule has 6 nitrogen and oxygen atoms in total. The van der Waals surface area contributed by atoms with Crippen LogP contribution >= 0.6 is 0 Å². The molecule has 1 aliphatic rings. The standard InChI is InChI=1S/C20H29NO5S/c1-14-8-9-16(13-18(14)27(2,25)26)20(24)21-17(10-11-19(22)23)12-15-6-4-3-5-7-15/h8-9,13,15,17H,3-7,10-12H2,1-2H3,(H,21,24)(H,22,23). The Balaban J connectivity index is 2.12. The lowest BCUT2D eigenvalue weighted by Gasteiger charge is -2.27. The molecule has 1 atom stereocenters. The zero-order valence-electron chi connectivity index (χ0n) is 16.0. The topological polar surface area (TPSA) is 101 Å². The van der Waals surface area contributed by atoms with E-state index in [0.29, 0.717) is 17.9 Å².